The second-order valence-corrected chi connectivity index (χ2v) is 6.72. The highest BCUT2D eigenvalue weighted by molar-refractivity contribution is 5.99. The number of benzene rings is 1. The van der Waals surface area contributed by atoms with Crippen LogP contribution in [-0.4, -0.2) is 51.8 Å². The molecule has 0 aromatic heterocycles. The zero-order chi connectivity index (χ0) is 17.8. The third-order valence-electron chi connectivity index (χ3n) is 3.90. The first kappa shape index (κ1) is 19.0. The van der Waals surface area contributed by atoms with Crippen molar-refractivity contribution in [1.29, 1.82) is 0 Å². The standard InChI is InChI=1S/C18H29N3O2/c1-9-20(6)15-11-13(16(22)12-21(7)19-5)10-14(17(15)23-8)18(2,3)4/h10-11H,5,9,12H2,1-4,6-8H3. The Morgan fingerprint density at radius 3 is 2.35 bits per heavy atom. The molecule has 0 aliphatic rings. The number of rotatable bonds is 7. The number of Topliss-reactive ketones (excluding diaryl/α,β-unsaturated/α-hetero) is 1. The van der Waals surface area contributed by atoms with Gasteiger partial charge in [0.05, 0.1) is 19.3 Å². The highest BCUT2D eigenvalue weighted by atomic mass is 16.5. The molecule has 0 heterocycles. The van der Waals surface area contributed by atoms with Gasteiger partial charge in [-0.3, -0.25) is 9.80 Å². The van der Waals surface area contributed by atoms with Crippen LogP contribution in [0.3, 0.4) is 0 Å². The number of carbonyl (C=O) groups excluding carboxylic acids is 1. The van der Waals surface area contributed by atoms with Crippen molar-refractivity contribution in [3.8, 4) is 5.75 Å². The molecular formula is C18H29N3O2. The van der Waals surface area contributed by atoms with Gasteiger partial charge in [-0.05, 0) is 24.5 Å². The number of carbonyl (C=O) groups is 1. The minimum absolute atomic E-state index is 0.0128. The van der Waals surface area contributed by atoms with Crippen molar-refractivity contribution in [2.24, 2.45) is 5.10 Å². The van der Waals surface area contributed by atoms with Crippen molar-refractivity contribution in [1.82, 2.24) is 5.01 Å². The number of nitrogens with zero attached hydrogens (tertiary/aromatic N) is 3. The van der Waals surface area contributed by atoms with Gasteiger partial charge < -0.3 is 9.64 Å². The Bertz CT molecular complexity index is 576. The van der Waals surface area contributed by atoms with E-state index in [2.05, 4.69) is 44.4 Å². The van der Waals surface area contributed by atoms with Crippen LogP contribution in [0.4, 0.5) is 5.69 Å². The van der Waals surface area contributed by atoms with Gasteiger partial charge in [0.1, 0.15) is 5.75 Å². The summed E-state index contributed by atoms with van der Waals surface area (Å²) >= 11 is 0. The van der Waals surface area contributed by atoms with E-state index in [4.69, 9.17) is 4.74 Å². The Balaban J connectivity index is 3.49. The summed E-state index contributed by atoms with van der Waals surface area (Å²) in [7, 11) is 5.41. The predicted octanol–water partition coefficient (Wildman–Crippen LogP) is 3.18. The van der Waals surface area contributed by atoms with Gasteiger partial charge >= 0.3 is 0 Å². The normalized spacial score (nSPS) is 11.1. The van der Waals surface area contributed by atoms with Crippen LogP contribution in [0.15, 0.2) is 17.2 Å². The molecule has 1 aromatic carbocycles. The van der Waals surface area contributed by atoms with Gasteiger partial charge in [0.2, 0.25) is 0 Å². The lowest BCUT2D eigenvalue weighted by Crippen LogP contribution is -2.24. The number of methoxy groups -OCH3 is 1. The molecule has 0 atom stereocenters. The summed E-state index contributed by atoms with van der Waals surface area (Å²) in [4.78, 5) is 14.7. The van der Waals surface area contributed by atoms with E-state index >= 15 is 0 Å². The zero-order valence-electron chi connectivity index (χ0n) is 15.4. The number of anilines is 1. The first-order valence-corrected chi connectivity index (χ1v) is 7.80. The second-order valence-electron chi connectivity index (χ2n) is 6.72. The van der Waals surface area contributed by atoms with E-state index in [0.717, 1.165) is 23.5 Å². The number of likely N-dealkylation sites (N-methyl/N-ethyl adjacent to an activating group) is 1. The van der Waals surface area contributed by atoms with E-state index in [-0.39, 0.29) is 17.7 Å². The molecule has 128 valence electrons. The average Bonchev–Trinajstić information content (AvgIpc) is 2.51. The largest absolute Gasteiger partial charge is 0.494 e. The number of hydrogen-bond acceptors (Lipinski definition) is 5. The third kappa shape index (κ3) is 4.47. The first-order chi connectivity index (χ1) is 10.6. The molecule has 0 radical (unpaired) electrons. The van der Waals surface area contributed by atoms with Crippen LogP contribution in [-0.2, 0) is 5.41 Å². The van der Waals surface area contributed by atoms with E-state index in [1.165, 1.54) is 5.01 Å². The summed E-state index contributed by atoms with van der Waals surface area (Å²) in [6.07, 6.45) is 0. The smallest absolute Gasteiger partial charge is 0.183 e. The van der Waals surface area contributed by atoms with Crippen LogP contribution in [0.2, 0.25) is 0 Å². The predicted molar refractivity (Wildman–Crippen MR) is 97.1 cm³/mol. The van der Waals surface area contributed by atoms with Gasteiger partial charge in [0, 0.05) is 38.5 Å². The maximum atomic E-state index is 12.6. The molecule has 0 aliphatic carbocycles. The van der Waals surface area contributed by atoms with Gasteiger partial charge in [-0.2, -0.15) is 5.10 Å². The Hall–Kier alpha value is -2.04. The lowest BCUT2D eigenvalue weighted by Gasteiger charge is -2.28. The van der Waals surface area contributed by atoms with Crippen LogP contribution >= 0.6 is 0 Å². The van der Waals surface area contributed by atoms with Crippen molar-refractivity contribution in [3.63, 3.8) is 0 Å². The molecule has 1 aromatic rings. The van der Waals surface area contributed by atoms with Gasteiger partial charge in [0.15, 0.2) is 5.78 Å². The summed E-state index contributed by atoms with van der Waals surface area (Å²) in [5.74, 6) is 0.840. The van der Waals surface area contributed by atoms with Gasteiger partial charge in [0.25, 0.3) is 0 Å². The van der Waals surface area contributed by atoms with Crippen LogP contribution in [0.5, 0.6) is 5.75 Å². The van der Waals surface area contributed by atoms with E-state index in [1.54, 1.807) is 14.2 Å². The molecule has 0 fully saturated rings. The quantitative estimate of drug-likeness (QED) is 0.440. The molecule has 23 heavy (non-hydrogen) atoms. The van der Waals surface area contributed by atoms with Gasteiger partial charge in [-0.15, -0.1) is 0 Å². The van der Waals surface area contributed by atoms with Crippen molar-refractivity contribution < 1.29 is 9.53 Å². The molecule has 5 heteroatoms. The van der Waals surface area contributed by atoms with Crippen LogP contribution < -0.4 is 9.64 Å². The number of ketones is 1. The second kappa shape index (κ2) is 7.49. The first-order valence-electron chi connectivity index (χ1n) is 7.80. The van der Waals surface area contributed by atoms with E-state index < -0.39 is 0 Å². The lowest BCUT2D eigenvalue weighted by molar-refractivity contribution is 0.0948. The minimum atomic E-state index is -0.131. The summed E-state index contributed by atoms with van der Waals surface area (Å²) < 4.78 is 5.67. The maximum Gasteiger partial charge on any atom is 0.183 e. The fourth-order valence-electron chi connectivity index (χ4n) is 2.35. The monoisotopic (exact) mass is 319 g/mol. The lowest BCUT2D eigenvalue weighted by atomic mass is 9.84. The Labute approximate surface area is 139 Å². The van der Waals surface area contributed by atoms with Gasteiger partial charge in [-0.1, -0.05) is 20.8 Å². The topological polar surface area (TPSA) is 45.1 Å². The van der Waals surface area contributed by atoms with E-state index in [0.29, 0.717) is 5.56 Å². The molecule has 0 saturated carbocycles. The summed E-state index contributed by atoms with van der Waals surface area (Å²) in [5, 5.41) is 5.29. The van der Waals surface area contributed by atoms with E-state index in [9.17, 15) is 4.79 Å². The summed E-state index contributed by atoms with van der Waals surface area (Å²) in [5.41, 5.74) is 2.49. The Morgan fingerprint density at radius 1 is 1.30 bits per heavy atom. The minimum Gasteiger partial charge on any atom is -0.494 e. The zero-order valence-corrected chi connectivity index (χ0v) is 15.4. The SMILES string of the molecule is C=NN(C)CC(=O)c1cc(N(C)CC)c(OC)c(C(C)(C)C)c1. The highest BCUT2D eigenvalue weighted by Crippen LogP contribution is 2.39. The number of hydrazone groups is 1. The molecule has 0 amide bonds. The molecule has 0 unspecified atom stereocenters. The van der Waals surface area contributed by atoms with Crippen LogP contribution in [0.1, 0.15) is 43.6 Å². The molecule has 0 aliphatic heterocycles. The highest BCUT2D eigenvalue weighted by Gasteiger charge is 2.25. The van der Waals surface area contributed by atoms with Crippen molar-refractivity contribution in [2.75, 3.05) is 39.2 Å². The van der Waals surface area contributed by atoms with Crippen molar-refractivity contribution >= 4 is 18.2 Å². The Kier molecular flexibility index (Phi) is 6.19. The number of ether oxygens (including phenoxy) is 1. The van der Waals surface area contributed by atoms with Gasteiger partial charge in [-0.25, -0.2) is 0 Å². The van der Waals surface area contributed by atoms with Crippen LogP contribution in [0.25, 0.3) is 0 Å². The van der Waals surface area contributed by atoms with Crippen LogP contribution in [0, 0.1) is 0 Å². The molecule has 1 rings (SSSR count). The fraction of sp³-hybridized carbons (Fsp3) is 0.556. The summed E-state index contributed by atoms with van der Waals surface area (Å²) in [6.45, 7) is 12.9. The molecule has 0 N–H and O–H groups in total. The molecule has 0 bridgehead atoms. The fourth-order valence-corrected chi connectivity index (χ4v) is 2.35. The van der Waals surface area contributed by atoms with E-state index in [1.807, 2.05) is 19.2 Å². The average molecular weight is 319 g/mol. The third-order valence-corrected chi connectivity index (χ3v) is 3.90. The maximum absolute atomic E-state index is 12.6. The molecule has 0 saturated heterocycles. The molecule has 0 spiro atoms. The molecular weight excluding hydrogens is 290 g/mol. The Morgan fingerprint density at radius 2 is 1.91 bits per heavy atom. The van der Waals surface area contributed by atoms with Crippen molar-refractivity contribution in [2.45, 2.75) is 33.1 Å². The van der Waals surface area contributed by atoms with Crippen molar-refractivity contribution in [3.05, 3.63) is 23.3 Å². The summed E-state index contributed by atoms with van der Waals surface area (Å²) in [6, 6.07) is 3.84. The number of hydrogen-bond donors (Lipinski definition) is 0. The molecule has 5 nitrogen and oxygen atoms in total.